The summed E-state index contributed by atoms with van der Waals surface area (Å²) in [5, 5.41) is 0. The van der Waals surface area contributed by atoms with E-state index in [2.05, 4.69) is 4.98 Å². The van der Waals surface area contributed by atoms with Crippen LogP contribution in [0, 0.1) is 13.8 Å². The fourth-order valence-electron chi connectivity index (χ4n) is 1.31. The van der Waals surface area contributed by atoms with Crippen LogP contribution in [0.2, 0.25) is 0 Å². The number of anilines is 1. The zero-order valence-corrected chi connectivity index (χ0v) is 9.36. The molecule has 0 bridgehead atoms. The molecular weight excluding hydrogens is 204 g/mol. The van der Waals surface area contributed by atoms with Crippen molar-refractivity contribution in [3.8, 4) is 5.75 Å². The zero-order valence-electron chi connectivity index (χ0n) is 9.36. The highest BCUT2D eigenvalue weighted by Crippen LogP contribution is 2.15. The van der Waals surface area contributed by atoms with Gasteiger partial charge >= 0.3 is 0 Å². The zero-order chi connectivity index (χ0) is 11.5. The van der Waals surface area contributed by atoms with Crippen LogP contribution in [0.4, 0.5) is 5.69 Å². The average molecular weight is 218 g/mol. The molecule has 0 saturated carbocycles. The molecule has 0 aliphatic rings. The topological polar surface area (TPSA) is 61.3 Å². The Morgan fingerprint density at radius 1 is 1.25 bits per heavy atom. The highest BCUT2D eigenvalue weighted by atomic mass is 16.5. The number of aryl methyl sites for hydroxylation is 2. The largest absolute Gasteiger partial charge is 0.484 e. The molecule has 0 saturated heterocycles. The fraction of sp³-hybridized carbons (Fsp3) is 0.250. The Hall–Kier alpha value is -1.97. The number of rotatable bonds is 3. The third-order valence-corrected chi connectivity index (χ3v) is 2.32. The van der Waals surface area contributed by atoms with Crippen molar-refractivity contribution in [1.82, 2.24) is 4.98 Å². The Kier molecular flexibility index (Phi) is 2.81. The van der Waals surface area contributed by atoms with Gasteiger partial charge in [-0.2, -0.15) is 0 Å². The summed E-state index contributed by atoms with van der Waals surface area (Å²) in [6.07, 6.45) is 0. The fourth-order valence-corrected chi connectivity index (χ4v) is 1.31. The Bertz CT molecular complexity index is 455. The lowest BCUT2D eigenvalue weighted by Gasteiger charge is -2.03. The molecule has 4 heteroatoms. The van der Waals surface area contributed by atoms with Gasteiger partial charge in [-0.1, -0.05) is 0 Å². The number of hydrogen-bond acceptors (Lipinski definition) is 4. The van der Waals surface area contributed by atoms with Crippen molar-refractivity contribution in [2.45, 2.75) is 20.5 Å². The van der Waals surface area contributed by atoms with E-state index in [0.717, 1.165) is 22.9 Å². The molecule has 0 aliphatic heterocycles. The summed E-state index contributed by atoms with van der Waals surface area (Å²) in [4.78, 5) is 4.23. The van der Waals surface area contributed by atoms with E-state index in [-0.39, 0.29) is 0 Å². The molecule has 1 heterocycles. The van der Waals surface area contributed by atoms with Gasteiger partial charge in [-0.25, -0.2) is 4.98 Å². The standard InChI is InChI=1S/C12H14N2O2/c1-8-9(2)16-12(14-8)7-15-11-5-3-10(13)4-6-11/h3-6H,7,13H2,1-2H3. The van der Waals surface area contributed by atoms with E-state index in [1.165, 1.54) is 0 Å². The SMILES string of the molecule is Cc1nc(COc2ccc(N)cc2)oc1C. The van der Waals surface area contributed by atoms with Crippen LogP contribution in [0.25, 0.3) is 0 Å². The van der Waals surface area contributed by atoms with Gasteiger partial charge in [0.2, 0.25) is 5.89 Å². The monoisotopic (exact) mass is 218 g/mol. The van der Waals surface area contributed by atoms with Crippen LogP contribution in [0.1, 0.15) is 17.3 Å². The molecule has 0 fully saturated rings. The van der Waals surface area contributed by atoms with Gasteiger partial charge in [0.25, 0.3) is 0 Å². The van der Waals surface area contributed by atoms with E-state index >= 15 is 0 Å². The molecule has 2 N–H and O–H groups in total. The normalized spacial score (nSPS) is 10.4. The molecule has 0 aliphatic carbocycles. The lowest BCUT2D eigenvalue weighted by atomic mass is 10.3. The quantitative estimate of drug-likeness (QED) is 0.804. The van der Waals surface area contributed by atoms with Gasteiger partial charge in [0.05, 0.1) is 5.69 Å². The van der Waals surface area contributed by atoms with Crippen LogP contribution in [-0.4, -0.2) is 4.98 Å². The molecule has 0 amide bonds. The van der Waals surface area contributed by atoms with Crippen molar-refractivity contribution in [2.75, 3.05) is 5.73 Å². The summed E-state index contributed by atoms with van der Waals surface area (Å²) in [6, 6.07) is 7.22. The van der Waals surface area contributed by atoms with Crippen molar-refractivity contribution in [3.05, 3.63) is 41.6 Å². The van der Waals surface area contributed by atoms with Crippen LogP contribution in [0.5, 0.6) is 5.75 Å². The number of ether oxygens (including phenoxy) is 1. The number of oxazole rings is 1. The molecule has 84 valence electrons. The van der Waals surface area contributed by atoms with Gasteiger partial charge in [0.1, 0.15) is 11.5 Å². The number of nitrogens with zero attached hydrogens (tertiary/aromatic N) is 1. The van der Waals surface area contributed by atoms with Gasteiger partial charge in [-0.05, 0) is 38.1 Å². The van der Waals surface area contributed by atoms with E-state index in [4.69, 9.17) is 14.9 Å². The second kappa shape index (κ2) is 4.26. The minimum atomic E-state index is 0.332. The first-order valence-corrected chi connectivity index (χ1v) is 5.06. The molecule has 0 unspecified atom stereocenters. The van der Waals surface area contributed by atoms with Crippen LogP contribution in [-0.2, 0) is 6.61 Å². The molecule has 2 rings (SSSR count). The maximum Gasteiger partial charge on any atom is 0.232 e. The predicted molar refractivity (Wildman–Crippen MR) is 61.2 cm³/mol. The van der Waals surface area contributed by atoms with Gasteiger partial charge < -0.3 is 14.9 Å². The lowest BCUT2D eigenvalue weighted by Crippen LogP contribution is -1.95. The number of aromatic nitrogens is 1. The molecule has 4 nitrogen and oxygen atoms in total. The van der Waals surface area contributed by atoms with Crippen LogP contribution >= 0.6 is 0 Å². The first-order chi connectivity index (χ1) is 7.65. The van der Waals surface area contributed by atoms with Gasteiger partial charge in [0.15, 0.2) is 6.61 Å². The molecule has 0 atom stereocenters. The molecule has 0 radical (unpaired) electrons. The van der Waals surface area contributed by atoms with Crippen molar-refractivity contribution in [2.24, 2.45) is 0 Å². The highest BCUT2D eigenvalue weighted by molar-refractivity contribution is 5.41. The van der Waals surface area contributed by atoms with E-state index in [9.17, 15) is 0 Å². The molecule has 16 heavy (non-hydrogen) atoms. The molecule has 1 aromatic carbocycles. The van der Waals surface area contributed by atoms with E-state index in [1.54, 1.807) is 12.1 Å². The number of nitrogens with two attached hydrogens (primary N) is 1. The van der Waals surface area contributed by atoms with E-state index < -0.39 is 0 Å². The summed E-state index contributed by atoms with van der Waals surface area (Å²) in [6.45, 7) is 4.12. The van der Waals surface area contributed by atoms with Crippen LogP contribution < -0.4 is 10.5 Å². The summed E-state index contributed by atoms with van der Waals surface area (Å²) < 4.78 is 10.9. The molecule has 0 spiro atoms. The smallest absolute Gasteiger partial charge is 0.232 e. The second-order valence-corrected chi connectivity index (χ2v) is 3.61. The Morgan fingerprint density at radius 3 is 2.50 bits per heavy atom. The average Bonchev–Trinajstić information content (AvgIpc) is 2.58. The number of hydrogen-bond donors (Lipinski definition) is 1. The minimum Gasteiger partial charge on any atom is -0.484 e. The molecule has 2 aromatic rings. The summed E-state index contributed by atoms with van der Waals surface area (Å²) >= 11 is 0. The number of benzene rings is 1. The van der Waals surface area contributed by atoms with Gasteiger partial charge in [-0.3, -0.25) is 0 Å². The first-order valence-electron chi connectivity index (χ1n) is 5.06. The van der Waals surface area contributed by atoms with E-state index in [1.807, 2.05) is 26.0 Å². The summed E-state index contributed by atoms with van der Waals surface area (Å²) in [5.41, 5.74) is 7.19. The Labute approximate surface area is 94.1 Å². The van der Waals surface area contributed by atoms with Gasteiger partial charge in [0, 0.05) is 5.69 Å². The third kappa shape index (κ3) is 2.34. The van der Waals surface area contributed by atoms with Gasteiger partial charge in [-0.15, -0.1) is 0 Å². The Balaban J connectivity index is 1.99. The summed E-state index contributed by atoms with van der Waals surface area (Å²) in [7, 11) is 0. The third-order valence-electron chi connectivity index (χ3n) is 2.32. The first kappa shape index (κ1) is 10.5. The van der Waals surface area contributed by atoms with Crippen LogP contribution in [0.15, 0.2) is 28.7 Å². The summed E-state index contributed by atoms with van der Waals surface area (Å²) in [5.74, 6) is 2.17. The van der Waals surface area contributed by atoms with Crippen molar-refractivity contribution in [1.29, 1.82) is 0 Å². The van der Waals surface area contributed by atoms with Crippen LogP contribution in [0.3, 0.4) is 0 Å². The van der Waals surface area contributed by atoms with Crippen molar-refractivity contribution < 1.29 is 9.15 Å². The molecule has 1 aromatic heterocycles. The van der Waals surface area contributed by atoms with E-state index in [0.29, 0.717) is 12.5 Å². The number of nitrogen functional groups attached to an aromatic ring is 1. The lowest BCUT2D eigenvalue weighted by molar-refractivity contribution is 0.260. The van der Waals surface area contributed by atoms with Crippen molar-refractivity contribution >= 4 is 5.69 Å². The highest BCUT2D eigenvalue weighted by Gasteiger charge is 2.05. The molecular formula is C12H14N2O2. The maximum absolute atomic E-state index is 5.57. The maximum atomic E-state index is 5.57. The van der Waals surface area contributed by atoms with Crippen molar-refractivity contribution in [3.63, 3.8) is 0 Å². The Morgan fingerprint density at radius 2 is 1.94 bits per heavy atom. The predicted octanol–water partition coefficient (Wildman–Crippen LogP) is 2.45. The minimum absolute atomic E-state index is 0.332. The second-order valence-electron chi connectivity index (χ2n) is 3.61.